The molecule has 4 nitrogen and oxygen atoms in total. The summed E-state index contributed by atoms with van der Waals surface area (Å²) in [7, 11) is 0. The summed E-state index contributed by atoms with van der Waals surface area (Å²) in [5.41, 5.74) is 1.00. The molecule has 0 aromatic heterocycles. The second-order valence-corrected chi connectivity index (χ2v) is 4.61. The van der Waals surface area contributed by atoms with Gasteiger partial charge in [-0.25, -0.2) is 0 Å². The Kier molecular flexibility index (Phi) is 2.61. The van der Waals surface area contributed by atoms with Crippen LogP contribution >= 0.6 is 0 Å². The number of aliphatic hydroxyl groups is 1. The predicted molar refractivity (Wildman–Crippen MR) is 61.0 cm³/mol. The van der Waals surface area contributed by atoms with Gasteiger partial charge in [0.2, 0.25) is 5.91 Å². The molecule has 1 amide bonds. The van der Waals surface area contributed by atoms with Crippen molar-refractivity contribution in [2.45, 2.75) is 18.7 Å². The molecular weight excluding hydrogens is 218 g/mol. The van der Waals surface area contributed by atoms with Crippen molar-refractivity contribution in [3.63, 3.8) is 0 Å². The van der Waals surface area contributed by atoms with Gasteiger partial charge in [0.25, 0.3) is 0 Å². The lowest BCUT2D eigenvalue weighted by atomic mass is 10.1. The highest BCUT2D eigenvalue weighted by Crippen LogP contribution is 2.39. The molecule has 1 aromatic carbocycles. The summed E-state index contributed by atoms with van der Waals surface area (Å²) >= 11 is 0. The average Bonchev–Trinajstić information content (AvgIpc) is 2.91. The monoisotopic (exact) mass is 233 g/mol. The number of nitrogens with zero attached hydrogens (tertiary/aromatic N) is 1. The molecule has 0 spiro atoms. The highest BCUT2D eigenvalue weighted by molar-refractivity contribution is 5.82. The van der Waals surface area contributed by atoms with Crippen molar-refractivity contribution < 1.29 is 14.6 Å². The third kappa shape index (κ3) is 1.64. The zero-order chi connectivity index (χ0) is 11.8. The van der Waals surface area contributed by atoms with E-state index in [1.54, 1.807) is 4.90 Å². The molecule has 2 aliphatic heterocycles. The molecule has 3 rings (SSSR count). The fourth-order valence-electron chi connectivity index (χ4n) is 2.70. The summed E-state index contributed by atoms with van der Waals surface area (Å²) in [6.45, 7) is 0.509. The van der Waals surface area contributed by atoms with Gasteiger partial charge in [0.15, 0.2) is 6.23 Å². The third-order valence-corrected chi connectivity index (χ3v) is 3.56. The van der Waals surface area contributed by atoms with Gasteiger partial charge >= 0.3 is 0 Å². The smallest absolute Gasteiger partial charge is 0.230 e. The maximum Gasteiger partial charge on any atom is 0.230 e. The number of amides is 1. The molecule has 2 aliphatic rings. The predicted octanol–water partition coefficient (Wildman–Crippen LogP) is 0.925. The first-order chi connectivity index (χ1) is 8.31. The SMILES string of the molecule is O=C1C(CO)CC2CO[C@H](c3ccccc3)N12. The molecule has 0 aliphatic carbocycles. The largest absolute Gasteiger partial charge is 0.396 e. The van der Waals surface area contributed by atoms with E-state index >= 15 is 0 Å². The van der Waals surface area contributed by atoms with Crippen molar-refractivity contribution in [1.82, 2.24) is 4.90 Å². The van der Waals surface area contributed by atoms with Crippen LogP contribution in [0.3, 0.4) is 0 Å². The highest BCUT2D eigenvalue weighted by Gasteiger charge is 2.47. The van der Waals surface area contributed by atoms with Gasteiger partial charge in [0.1, 0.15) is 0 Å². The maximum absolute atomic E-state index is 12.1. The number of aliphatic hydroxyl groups excluding tert-OH is 1. The van der Waals surface area contributed by atoms with Crippen molar-refractivity contribution in [1.29, 1.82) is 0 Å². The van der Waals surface area contributed by atoms with Crippen molar-refractivity contribution in [3.8, 4) is 0 Å². The van der Waals surface area contributed by atoms with Crippen molar-refractivity contribution in [3.05, 3.63) is 35.9 Å². The van der Waals surface area contributed by atoms with E-state index in [1.807, 2.05) is 30.3 Å². The lowest BCUT2D eigenvalue weighted by Crippen LogP contribution is -2.32. The number of carbonyl (C=O) groups excluding carboxylic acids is 1. The Hall–Kier alpha value is -1.39. The quantitative estimate of drug-likeness (QED) is 0.826. The highest BCUT2D eigenvalue weighted by atomic mass is 16.5. The number of rotatable bonds is 2. The van der Waals surface area contributed by atoms with Crippen LogP contribution < -0.4 is 0 Å². The fraction of sp³-hybridized carbons (Fsp3) is 0.462. The zero-order valence-corrected chi connectivity index (χ0v) is 9.45. The van der Waals surface area contributed by atoms with Gasteiger partial charge in [-0.1, -0.05) is 30.3 Å². The van der Waals surface area contributed by atoms with Crippen LogP contribution in [0.15, 0.2) is 30.3 Å². The first kappa shape index (κ1) is 10.7. The molecule has 0 radical (unpaired) electrons. The van der Waals surface area contributed by atoms with E-state index in [0.717, 1.165) is 5.56 Å². The first-order valence-corrected chi connectivity index (χ1v) is 5.91. The summed E-state index contributed by atoms with van der Waals surface area (Å²) in [6, 6.07) is 9.88. The maximum atomic E-state index is 12.1. The summed E-state index contributed by atoms with van der Waals surface area (Å²) in [6.07, 6.45) is 0.434. The molecule has 2 unspecified atom stereocenters. The molecule has 2 fully saturated rings. The molecule has 17 heavy (non-hydrogen) atoms. The van der Waals surface area contributed by atoms with Crippen molar-refractivity contribution in [2.24, 2.45) is 5.92 Å². The van der Waals surface area contributed by atoms with Crippen LogP contribution in [0.25, 0.3) is 0 Å². The van der Waals surface area contributed by atoms with Crippen LogP contribution in [0, 0.1) is 5.92 Å². The molecule has 2 saturated heterocycles. The molecule has 1 aromatic rings. The lowest BCUT2D eigenvalue weighted by Gasteiger charge is -2.23. The molecule has 2 heterocycles. The standard InChI is InChI=1S/C13H15NO3/c15-7-10-6-11-8-17-13(14(11)12(10)16)9-4-2-1-3-5-9/h1-5,10-11,13,15H,6-8H2/t10?,11?,13-/m1/s1. The molecular formula is C13H15NO3. The number of carbonyl (C=O) groups is 1. The second-order valence-electron chi connectivity index (χ2n) is 4.61. The number of hydrogen-bond donors (Lipinski definition) is 1. The van der Waals surface area contributed by atoms with Gasteiger partial charge < -0.3 is 14.7 Å². The van der Waals surface area contributed by atoms with Gasteiger partial charge in [0, 0.05) is 5.56 Å². The van der Waals surface area contributed by atoms with Crippen LogP contribution in [0.5, 0.6) is 0 Å². The van der Waals surface area contributed by atoms with E-state index in [4.69, 9.17) is 9.84 Å². The van der Waals surface area contributed by atoms with Gasteiger partial charge in [-0.2, -0.15) is 0 Å². The zero-order valence-electron chi connectivity index (χ0n) is 9.45. The van der Waals surface area contributed by atoms with Crippen LogP contribution in [-0.2, 0) is 9.53 Å². The number of fused-ring (bicyclic) bond motifs is 1. The number of hydrogen-bond acceptors (Lipinski definition) is 3. The van der Waals surface area contributed by atoms with E-state index in [2.05, 4.69) is 0 Å². The van der Waals surface area contributed by atoms with E-state index in [1.165, 1.54) is 0 Å². The molecule has 0 saturated carbocycles. The molecule has 3 atom stereocenters. The van der Waals surface area contributed by atoms with Gasteiger partial charge in [-0.05, 0) is 6.42 Å². The summed E-state index contributed by atoms with van der Waals surface area (Å²) in [5, 5.41) is 9.16. The van der Waals surface area contributed by atoms with Gasteiger partial charge in [0.05, 0.1) is 25.2 Å². The number of ether oxygens (including phenoxy) is 1. The Morgan fingerprint density at radius 2 is 2.12 bits per heavy atom. The normalized spacial score (nSPS) is 31.9. The van der Waals surface area contributed by atoms with Crippen LogP contribution in [-0.4, -0.2) is 35.2 Å². The van der Waals surface area contributed by atoms with E-state index in [0.29, 0.717) is 13.0 Å². The second kappa shape index (κ2) is 4.13. The number of benzene rings is 1. The topological polar surface area (TPSA) is 49.8 Å². The summed E-state index contributed by atoms with van der Waals surface area (Å²) in [4.78, 5) is 13.9. The Balaban J connectivity index is 1.87. The van der Waals surface area contributed by atoms with Crippen molar-refractivity contribution >= 4 is 5.91 Å². The molecule has 0 bridgehead atoms. The molecule has 1 N–H and O–H groups in total. The summed E-state index contributed by atoms with van der Waals surface area (Å²) < 4.78 is 5.69. The fourth-order valence-corrected chi connectivity index (χ4v) is 2.70. The first-order valence-electron chi connectivity index (χ1n) is 5.91. The Morgan fingerprint density at radius 3 is 2.82 bits per heavy atom. The molecule has 90 valence electrons. The Morgan fingerprint density at radius 1 is 1.35 bits per heavy atom. The molecule has 4 heteroatoms. The Labute approximate surface area is 99.8 Å². The van der Waals surface area contributed by atoms with E-state index in [-0.39, 0.29) is 30.7 Å². The summed E-state index contributed by atoms with van der Waals surface area (Å²) in [5.74, 6) is -0.223. The van der Waals surface area contributed by atoms with E-state index < -0.39 is 0 Å². The van der Waals surface area contributed by atoms with E-state index in [9.17, 15) is 4.79 Å². The third-order valence-electron chi connectivity index (χ3n) is 3.56. The van der Waals surface area contributed by atoms with Crippen molar-refractivity contribution in [2.75, 3.05) is 13.2 Å². The minimum Gasteiger partial charge on any atom is -0.396 e. The van der Waals surface area contributed by atoms with Gasteiger partial charge in [-0.15, -0.1) is 0 Å². The minimum atomic E-state index is -0.273. The Bertz CT molecular complexity index is 420. The average molecular weight is 233 g/mol. The minimum absolute atomic E-state index is 0.0175. The van der Waals surface area contributed by atoms with Gasteiger partial charge in [-0.3, -0.25) is 4.79 Å². The lowest BCUT2D eigenvalue weighted by molar-refractivity contribution is -0.138. The van der Waals surface area contributed by atoms with Crippen LogP contribution in [0.1, 0.15) is 18.2 Å². The van der Waals surface area contributed by atoms with Crippen LogP contribution in [0.2, 0.25) is 0 Å². The van der Waals surface area contributed by atoms with Crippen LogP contribution in [0.4, 0.5) is 0 Å².